The van der Waals surface area contributed by atoms with Crippen LogP contribution in [0.25, 0.3) is 11.3 Å². The zero-order valence-electron chi connectivity index (χ0n) is 14.0. The molecular weight excluding hydrogens is 284 g/mol. The fourth-order valence-corrected chi connectivity index (χ4v) is 2.45. The number of H-pyrrole nitrogens is 1. The molecule has 3 N–H and O–H groups in total. The summed E-state index contributed by atoms with van der Waals surface area (Å²) in [5, 5.41) is 7.32. The first-order valence-corrected chi connectivity index (χ1v) is 7.66. The summed E-state index contributed by atoms with van der Waals surface area (Å²) >= 11 is 0. The lowest BCUT2D eigenvalue weighted by Gasteiger charge is -2.11. The second kappa shape index (κ2) is 7.49. The van der Waals surface area contributed by atoms with Crippen LogP contribution in [0.15, 0.2) is 60.9 Å². The van der Waals surface area contributed by atoms with E-state index in [1.165, 1.54) is 11.3 Å². The Labute approximate surface area is 137 Å². The number of rotatable bonds is 6. The molecule has 2 aromatic rings. The van der Waals surface area contributed by atoms with Gasteiger partial charge >= 0.3 is 0 Å². The Bertz CT molecular complexity index is 769. The quantitative estimate of drug-likeness (QED) is 0.797. The van der Waals surface area contributed by atoms with E-state index in [1.54, 1.807) is 0 Å². The van der Waals surface area contributed by atoms with E-state index in [2.05, 4.69) is 64.9 Å². The summed E-state index contributed by atoms with van der Waals surface area (Å²) in [6.07, 6.45) is 11.2. The van der Waals surface area contributed by atoms with Crippen LogP contribution in [0.1, 0.15) is 30.9 Å². The van der Waals surface area contributed by atoms with E-state index < -0.39 is 0 Å². The number of allylic oxidation sites excluding steroid dienone is 6. The number of nitrogens with zero attached hydrogens (tertiary/aromatic N) is 2. The van der Waals surface area contributed by atoms with Gasteiger partial charge in [0.2, 0.25) is 0 Å². The van der Waals surface area contributed by atoms with Gasteiger partial charge in [-0.05, 0) is 37.6 Å². The van der Waals surface area contributed by atoms with Gasteiger partial charge in [0.1, 0.15) is 0 Å². The summed E-state index contributed by atoms with van der Waals surface area (Å²) in [7, 11) is 2.06. The summed E-state index contributed by atoms with van der Waals surface area (Å²) in [4.78, 5) is 0. The second-order valence-electron chi connectivity index (χ2n) is 5.40. The third-order valence-corrected chi connectivity index (χ3v) is 3.75. The lowest BCUT2D eigenvalue weighted by Crippen LogP contribution is -2.00. The van der Waals surface area contributed by atoms with Crippen LogP contribution in [0.4, 0.5) is 0 Å². The van der Waals surface area contributed by atoms with Gasteiger partial charge in [-0.3, -0.25) is 5.10 Å². The average Bonchev–Trinajstić information content (AvgIpc) is 3.15. The summed E-state index contributed by atoms with van der Waals surface area (Å²) in [6.45, 7) is 7.78. The molecule has 23 heavy (non-hydrogen) atoms. The molecule has 2 rings (SSSR count). The molecule has 0 atom stereocenters. The van der Waals surface area contributed by atoms with Crippen LogP contribution in [0, 0.1) is 0 Å². The highest BCUT2D eigenvalue weighted by atomic mass is 15.1. The van der Waals surface area contributed by atoms with Crippen molar-refractivity contribution in [2.45, 2.75) is 20.3 Å². The minimum absolute atomic E-state index is 0.487. The van der Waals surface area contributed by atoms with Crippen molar-refractivity contribution in [1.82, 2.24) is 14.8 Å². The third-order valence-electron chi connectivity index (χ3n) is 3.75. The van der Waals surface area contributed by atoms with E-state index >= 15 is 0 Å². The van der Waals surface area contributed by atoms with Gasteiger partial charge in [0.25, 0.3) is 0 Å². The lowest BCUT2D eigenvalue weighted by molar-refractivity contribution is 0.851. The Morgan fingerprint density at radius 2 is 2.22 bits per heavy atom. The van der Waals surface area contributed by atoms with E-state index in [-0.39, 0.29) is 0 Å². The monoisotopic (exact) mass is 308 g/mol. The Balaban J connectivity index is 2.39. The molecule has 0 fully saturated rings. The van der Waals surface area contributed by atoms with Crippen LogP contribution < -0.4 is 5.73 Å². The van der Waals surface area contributed by atoms with Gasteiger partial charge in [0.15, 0.2) is 0 Å². The highest BCUT2D eigenvalue weighted by molar-refractivity contribution is 5.79. The number of aromatic nitrogens is 3. The lowest BCUT2D eigenvalue weighted by atomic mass is 9.97. The van der Waals surface area contributed by atoms with Gasteiger partial charge in [0, 0.05) is 36.6 Å². The molecular formula is C19H24N4. The molecule has 4 nitrogen and oxygen atoms in total. The molecule has 0 radical (unpaired) electrons. The molecule has 0 saturated carbocycles. The molecule has 0 aliphatic carbocycles. The normalized spacial score (nSPS) is 13.0. The molecule has 0 aromatic carbocycles. The van der Waals surface area contributed by atoms with Gasteiger partial charge in [0.05, 0.1) is 11.4 Å². The van der Waals surface area contributed by atoms with Crippen molar-refractivity contribution in [2.75, 3.05) is 0 Å². The molecule has 4 heteroatoms. The molecule has 120 valence electrons. The smallest absolute Gasteiger partial charge is 0.0927 e. The standard InChI is InChI=1S/C19H24N4/c1-5-7-9-15(12-16-10-8-11-23(16)4)17(6-2)19-13-18(14(3)20)21-22-19/h5-11,13H,3,12,20H2,1-2,4H3,(H,21,22)/b7-5-,15-9-,17-6+. The molecule has 0 unspecified atom stereocenters. The number of nitrogens with one attached hydrogen (secondary N) is 1. The molecule has 2 heterocycles. The van der Waals surface area contributed by atoms with Gasteiger partial charge in [-0.15, -0.1) is 0 Å². The summed E-state index contributed by atoms with van der Waals surface area (Å²) in [5.74, 6) is 0. The summed E-state index contributed by atoms with van der Waals surface area (Å²) in [5.41, 5.74) is 11.4. The van der Waals surface area contributed by atoms with Crippen LogP contribution in [0.3, 0.4) is 0 Å². The van der Waals surface area contributed by atoms with Gasteiger partial charge in [-0.2, -0.15) is 5.10 Å². The fourth-order valence-electron chi connectivity index (χ4n) is 2.45. The highest BCUT2D eigenvalue weighted by Gasteiger charge is 2.13. The van der Waals surface area contributed by atoms with Gasteiger partial charge < -0.3 is 10.3 Å². The van der Waals surface area contributed by atoms with E-state index in [1.807, 2.05) is 26.0 Å². The molecule has 0 aliphatic rings. The Morgan fingerprint density at radius 1 is 1.43 bits per heavy atom. The SMILES string of the molecule is C=C(N)c1cc(C(=C/C)/C(=C\C=C/C)Cc2cccn2C)n[nH]1. The molecule has 0 spiro atoms. The third kappa shape index (κ3) is 3.92. The van der Waals surface area contributed by atoms with Gasteiger partial charge in [-0.25, -0.2) is 0 Å². The Morgan fingerprint density at radius 3 is 2.74 bits per heavy atom. The van der Waals surface area contributed by atoms with E-state index in [0.717, 1.165) is 23.4 Å². The zero-order valence-corrected chi connectivity index (χ0v) is 14.0. The number of aryl methyl sites for hydroxylation is 1. The van der Waals surface area contributed by atoms with E-state index in [9.17, 15) is 0 Å². The van der Waals surface area contributed by atoms with Crippen LogP contribution in [-0.4, -0.2) is 14.8 Å². The molecule has 0 amide bonds. The van der Waals surface area contributed by atoms with E-state index in [0.29, 0.717) is 5.70 Å². The highest BCUT2D eigenvalue weighted by Crippen LogP contribution is 2.26. The van der Waals surface area contributed by atoms with Gasteiger partial charge in [-0.1, -0.05) is 30.9 Å². The maximum Gasteiger partial charge on any atom is 0.0927 e. The number of hydrogen-bond acceptors (Lipinski definition) is 2. The van der Waals surface area contributed by atoms with Crippen molar-refractivity contribution in [3.05, 3.63) is 77.9 Å². The minimum Gasteiger partial charge on any atom is -0.397 e. The molecule has 0 bridgehead atoms. The number of aromatic amines is 1. The Hall–Kier alpha value is -2.75. The molecule has 0 aliphatic heterocycles. The summed E-state index contributed by atoms with van der Waals surface area (Å²) < 4.78 is 2.13. The number of hydrogen-bond donors (Lipinski definition) is 2. The average molecular weight is 308 g/mol. The van der Waals surface area contributed by atoms with Crippen molar-refractivity contribution in [1.29, 1.82) is 0 Å². The van der Waals surface area contributed by atoms with Crippen molar-refractivity contribution in [3.63, 3.8) is 0 Å². The molecule has 2 aromatic heterocycles. The maximum absolute atomic E-state index is 5.74. The fraction of sp³-hybridized carbons (Fsp3) is 0.211. The largest absolute Gasteiger partial charge is 0.397 e. The van der Waals surface area contributed by atoms with Crippen LogP contribution >= 0.6 is 0 Å². The topological polar surface area (TPSA) is 59.6 Å². The van der Waals surface area contributed by atoms with E-state index in [4.69, 9.17) is 5.73 Å². The maximum atomic E-state index is 5.74. The number of nitrogens with two attached hydrogens (primary N) is 1. The van der Waals surface area contributed by atoms with Crippen LogP contribution in [0.5, 0.6) is 0 Å². The van der Waals surface area contributed by atoms with Crippen molar-refractivity contribution in [3.8, 4) is 0 Å². The first-order valence-electron chi connectivity index (χ1n) is 7.66. The zero-order chi connectivity index (χ0) is 16.8. The Kier molecular flexibility index (Phi) is 5.41. The predicted molar refractivity (Wildman–Crippen MR) is 97.5 cm³/mol. The predicted octanol–water partition coefficient (Wildman–Crippen LogP) is 3.83. The van der Waals surface area contributed by atoms with Crippen molar-refractivity contribution >= 4 is 11.3 Å². The van der Waals surface area contributed by atoms with Crippen LogP contribution in [0.2, 0.25) is 0 Å². The van der Waals surface area contributed by atoms with Crippen LogP contribution in [-0.2, 0) is 13.5 Å². The van der Waals surface area contributed by atoms with Crippen molar-refractivity contribution < 1.29 is 0 Å². The first kappa shape index (κ1) is 16.6. The first-order chi connectivity index (χ1) is 11.1. The second-order valence-corrected chi connectivity index (χ2v) is 5.40. The van der Waals surface area contributed by atoms with Crippen molar-refractivity contribution in [2.24, 2.45) is 12.8 Å². The summed E-state index contributed by atoms with van der Waals surface area (Å²) in [6, 6.07) is 6.13. The minimum atomic E-state index is 0.487. The molecule has 0 saturated heterocycles.